The van der Waals surface area contributed by atoms with Gasteiger partial charge in [0.15, 0.2) is 0 Å². The number of rotatable bonds is 5. The van der Waals surface area contributed by atoms with E-state index in [4.69, 9.17) is 5.73 Å². The Morgan fingerprint density at radius 2 is 2.06 bits per heavy atom. The highest BCUT2D eigenvalue weighted by Crippen LogP contribution is 2.20. The Labute approximate surface area is 106 Å². The molecule has 2 aromatic rings. The Morgan fingerprint density at radius 3 is 2.61 bits per heavy atom. The second kappa shape index (κ2) is 5.78. The number of aromatic nitrogens is 2. The first-order chi connectivity index (χ1) is 8.70. The summed E-state index contributed by atoms with van der Waals surface area (Å²) < 4.78 is 14.9. The predicted molar refractivity (Wildman–Crippen MR) is 69.7 cm³/mol. The molecule has 4 heteroatoms. The summed E-state index contributed by atoms with van der Waals surface area (Å²) in [7, 11) is 1.98. The summed E-state index contributed by atoms with van der Waals surface area (Å²) in [5, 5.41) is 0. The fraction of sp³-hybridized carbons (Fsp3) is 0.357. The van der Waals surface area contributed by atoms with Crippen molar-refractivity contribution in [2.24, 2.45) is 12.8 Å². The van der Waals surface area contributed by atoms with Gasteiger partial charge in [0.25, 0.3) is 0 Å². The zero-order valence-corrected chi connectivity index (χ0v) is 10.5. The van der Waals surface area contributed by atoms with Crippen molar-refractivity contribution < 1.29 is 4.39 Å². The van der Waals surface area contributed by atoms with Crippen molar-refractivity contribution in [3.63, 3.8) is 0 Å². The van der Waals surface area contributed by atoms with Gasteiger partial charge in [0, 0.05) is 25.9 Å². The van der Waals surface area contributed by atoms with E-state index in [2.05, 4.69) is 4.98 Å². The van der Waals surface area contributed by atoms with Gasteiger partial charge in [-0.05, 0) is 36.6 Å². The van der Waals surface area contributed by atoms with E-state index in [1.54, 1.807) is 6.20 Å². The largest absolute Gasteiger partial charge is 0.338 e. The van der Waals surface area contributed by atoms with Crippen LogP contribution in [0, 0.1) is 5.82 Å². The van der Waals surface area contributed by atoms with Gasteiger partial charge in [0.2, 0.25) is 0 Å². The summed E-state index contributed by atoms with van der Waals surface area (Å²) in [6.07, 6.45) is 5.53. The second-order valence-electron chi connectivity index (χ2n) is 4.48. The van der Waals surface area contributed by atoms with Crippen molar-refractivity contribution in [2.75, 3.05) is 6.54 Å². The second-order valence-corrected chi connectivity index (χ2v) is 4.48. The van der Waals surface area contributed by atoms with E-state index in [1.807, 2.05) is 29.9 Å². The van der Waals surface area contributed by atoms with Gasteiger partial charge >= 0.3 is 0 Å². The number of aryl methyl sites for hydroxylation is 2. The lowest BCUT2D eigenvalue weighted by atomic mass is 9.94. The van der Waals surface area contributed by atoms with E-state index < -0.39 is 0 Å². The van der Waals surface area contributed by atoms with Crippen LogP contribution in [0.2, 0.25) is 0 Å². The minimum atomic E-state index is -0.210. The van der Waals surface area contributed by atoms with Crippen molar-refractivity contribution >= 4 is 0 Å². The number of imidazole rings is 1. The first-order valence-electron chi connectivity index (χ1n) is 6.12. The van der Waals surface area contributed by atoms with Crippen molar-refractivity contribution in [3.8, 4) is 0 Å². The maximum absolute atomic E-state index is 12.9. The molecule has 1 aromatic heterocycles. The topological polar surface area (TPSA) is 43.8 Å². The maximum atomic E-state index is 12.9. The van der Waals surface area contributed by atoms with Gasteiger partial charge < -0.3 is 10.3 Å². The van der Waals surface area contributed by atoms with Crippen LogP contribution in [-0.2, 0) is 13.5 Å². The average molecular weight is 247 g/mol. The van der Waals surface area contributed by atoms with Crippen LogP contribution in [-0.4, -0.2) is 16.1 Å². The van der Waals surface area contributed by atoms with Crippen molar-refractivity contribution in [2.45, 2.75) is 18.8 Å². The summed E-state index contributed by atoms with van der Waals surface area (Å²) in [4.78, 5) is 4.29. The first kappa shape index (κ1) is 12.8. The Kier molecular flexibility index (Phi) is 4.10. The highest BCUT2D eigenvalue weighted by molar-refractivity contribution is 5.21. The predicted octanol–water partition coefficient (Wildman–Crippen LogP) is 2.23. The van der Waals surface area contributed by atoms with E-state index >= 15 is 0 Å². The van der Waals surface area contributed by atoms with Crippen molar-refractivity contribution in [1.29, 1.82) is 0 Å². The maximum Gasteiger partial charge on any atom is 0.123 e. The summed E-state index contributed by atoms with van der Waals surface area (Å²) in [5.41, 5.74) is 6.89. The molecule has 0 radical (unpaired) electrons. The molecule has 0 saturated carbocycles. The van der Waals surface area contributed by atoms with E-state index in [1.165, 1.54) is 12.1 Å². The molecule has 2 rings (SSSR count). The molecule has 0 aliphatic heterocycles. The lowest BCUT2D eigenvalue weighted by molar-refractivity contribution is 0.600. The number of nitrogens with two attached hydrogens (primary N) is 1. The fourth-order valence-electron chi connectivity index (χ4n) is 2.10. The van der Waals surface area contributed by atoms with Crippen LogP contribution in [0.4, 0.5) is 4.39 Å². The molecule has 1 unspecified atom stereocenters. The Hall–Kier alpha value is -1.68. The SMILES string of the molecule is Cn1ccnc1CCC(CN)c1ccc(F)cc1. The Morgan fingerprint density at radius 1 is 1.33 bits per heavy atom. The molecule has 1 heterocycles. The number of nitrogens with zero attached hydrogens (tertiary/aromatic N) is 2. The molecule has 3 nitrogen and oxygen atoms in total. The standard InChI is InChI=1S/C14H18FN3/c1-18-9-8-17-14(18)7-4-12(10-16)11-2-5-13(15)6-3-11/h2-3,5-6,8-9,12H,4,7,10,16H2,1H3. The van der Waals surface area contributed by atoms with E-state index in [-0.39, 0.29) is 11.7 Å². The van der Waals surface area contributed by atoms with Crippen LogP contribution in [0.1, 0.15) is 23.7 Å². The van der Waals surface area contributed by atoms with Crippen LogP contribution in [0.5, 0.6) is 0 Å². The molecule has 0 aliphatic carbocycles. The zero-order chi connectivity index (χ0) is 13.0. The fourth-order valence-corrected chi connectivity index (χ4v) is 2.10. The minimum Gasteiger partial charge on any atom is -0.338 e. The smallest absolute Gasteiger partial charge is 0.123 e. The van der Waals surface area contributed by atoms with Crippen LogP contribution >= 0.6 is 0 Å². The molecule has 0 aliphatic rings. The zero-order valence-electron chi connectivity index (χ0n) is 10.5. The molecule has 0 bridgehead atoms. The molecule has 18 heavy (non-hydrogen) atoms. The average Bonchev–Trinajstić information content (AvgIpc) is 2.78. The van der Waals surface area contributed by atoms with Crippen LogP contribution in [0.15, 0.2) is 36.7 Å². The Bertz CT molecular complexity index is 490. The van der Waals surface area contributed by atoms with Gasteiger partial charge in [0.1, 0.15) is 11.6 Å². The molecule has 0 fully saturated rings. The van der Waals surface area contributed by atoms with Gasteiger partial charge in [-0.15, -0.1) is 0 Å². The minimum absolute atomic E-state index is 0.210. The highest BCUT2D eigenvalue weighted by Gasteiger charge is 2.11. The normalized spacial score (nSPS) is 12.6. The summed E-state index contributed by atoms with van der Waals surface area (Å²) in [5.74, 6) is 1.09. The van der Waals surface area contributed by atoms with E-state index in [0.717, 1.165) is 24.2 Å². The quantitative estimate of drug-likeness (QED) is 0.880. The molecule has 0 saturated heterocycles. The van der Waals surface area contributed by atoms with Gasteiger partial charge in [-0.2, -0.15) is 0 Å². The van der Waals surface area contributed by atoms with Crippen LogP contribution < -0.4 is 5.73 Å². The summed E-state index contributed by atoms with van der Waals surface area (Å²) in [6.45, 7) is 0.566. The Balaban J connectivity index is 2.01. The van der Waals surface area contributed by atoms with E-state index in [0.29, 0.717) is 6.54 Å². The van der Waals surface area contributed by atoms with Gasteiger partial charge in [-0.1, -0.05) is 12.1 Å². The molecule has 0 spiro atoms. The molecular formula is C14H18FN3. The third-order valence-electron chi connectivity index (χ3n) is 3.26. The monoisotopic (exact) mass is 247 g/mol. The third kappa shape index (κ3) is 2.96. The number of halogens is 1. The number of hydrogen-bond acceptors (Lipinski definition) is 2. The van der Waals surface area contributed by atoms with E-state index in [9.17, 15) is 4.39 Å². The van der Waals surface area contributed by atoms with Gasteiger partial charge in [-0.25, -0.2) is 9.37 Å². The number of benzene rings is 1. The van der Waals surface area contributed by atoms with Crippen molar-refractivity contribution in [3.05, 3.63) is 53.9 Å². The highest BCUT2D eigenvalue weighted by atomic mass is 19.1. The molecule has 2 N–H and O–H groups in total. The summed E-state index contributed by atoms with van der Waals surface area (Å²) >= 11 is 0. The molecular weight excluding hydrogens is 229 g/mol. The molecule has 1 atom stereocenters. The van der Waals surface area contributed by atoms with Crippen molar-refractivity contribution in [1.82, 2.24) is 9.55 Å². The molecule has 96 valence electrons. The van der Waals surface area contributed by atoms with Crippen LogP contribution in [0.3, 0.4) is 0 Å². The first-order valence-corrected chi connectivity index (χ1v) is 6.12. The molecule has 0 amide bonds. The van der Waals surface area contributed by atoms with Crippen LogP contribution in [0.25, 0.3) is 0 Å². The number of hydrogen-bond donors (Lipinski definition) is 1. The summed E-state index contributed by atoms with van der Waals surface area (Å²) in [6, 6.07) is 6.59. The third-order valence-corrected chi connectivity index (χ3v) is 3.26. The lowest BCUT2D eigenvalue weighted by Gasteiger charge is -2.15. The van der Waals surface area contributed by atoms with Gasteiger partial charge in [0.05, 0.1) is 0 Å². The lowest BCUT2D eigenvalue weighted by Crippen LogP contribution is -2.14. The molecule has 1 aromatic carbocycles. The van der Waals surface area contributed by atoms with Gasteiger partial charge in [-0.3, -0.25) is 0 Å².